The third kappa shape index (κ3) is 10.1. The van der Waals surface area contributed by atoms with Crippen molar-refractivity contribution in [3.8, 4) is 0 Å². The number of likely N-dealkylation sites (tertiary alicyclic amines) is 1. The molecule has 29 heavy (non-hydrogen) atoms. The maximum atomic E-state index is 12.4. The van der Waals surface area contributed by atoms with Gasteiger partial charge in [-0.25, -0.2) is 0 Å². The molecule has 1 unspecified atom stereocenters. The molecule has 1 rings (SSSR count). The van der Waals surface area contributed by atoms with E-state index in [4.69, 9.17) is 5.73 Å². The fourth-order valence-electron chi connectivity index (χ4n) is 3.66. The fraction of sp³-hybridized carbons (Fsp3) is 0.810. The van der Waals surface area contributed by atoms with Crippen molar-refractivity contribution < 1.29 is 19.2 Å². The van der Waals surface area contributed by atoms with Crippen molar-refractivity contribution >= 4 is 35.4 Å². The Bertz CT molecular complexity index is 592. The molecule has 8 heteroatoms. The molecule has 1 atom stereocenters. The Balaban J connectivity index is 2.27. The third-order valence-electron chi connectivity index (χ3n) is 4.88. The van der Waals surface area contributed by atoms with E-state index in [1.165, 1.54) is 16.7 Å². The van der Waals surface area contributed by atoms with Crippen LogP contribution in [0.1, 0.15) is 72.6 Å². The highest BCUT2D eigenvalue weighted by molar-refractivity contribution is 8.00. The smallest absolute Gasteiger partial charge is 0.242 e. The Hall–Kier alpha value is -1.57. The highest BCUT2D eigenvalue weighted by atomic mass is 32.2. The van der Waals surface area contributed by atoms with E-state index >= 15 is 0 Å². The van der Waals surface area contributed by atoms with Crippen molar-refractivity contribution in [3.05, 3.63) is 0 Å². The molecule has 1 saturated heterocycles. The number of hydrogen-bond donors (Lipinski definition) is 2. The number of primary amides is 1. The van der Waals surface area contributed by atoms with Crippen LogP contribution in [0.25, 0.3) is 0 Å². The van der Waals surface area contributed by atoms with Crippen LogP contribution in [-0.4, -0.2) is 52.6 Å². The maximum absolute atomic E-state index is 12.4. The molecule has 7 nitrogen and oxygen atoms in total. The van der Waals surface area contributed by atoms with Gasteiger partial charge in [0, 0.05) is 38.1 Å². The van der Waals surface area contributed by atoms with Gasteiger partial charge in [-0.1, -0.05) is 34.1 Å². The molecule has 0 saturated carbocycles. The number of nitrogens with zero attached hydrogens (tertiary/aromatic N) is 1. The van der Waals surface area contributed by atoms with Crippen LogP contribution in [-0.2, 0) is 19.2 Å². The van der Waals surface area contributed by atoms with Crippen LogP contribution in [0.4, 0.5) is 0 Å². The zero-order valence-electron chi connectivity index (χ0n) is 18.3. The molecule has 1 heterocycles. The Morgan fingerprint density at radius 1 is 1.21 bits per heavy atom. The first-order chi connectivity index (χ1) is 13.5. The number of hydrogen-bond acceptors (Lipinski definition) is 5. The lowest BCUT2D eigenvalue weighted by Crippen LogP contribution is -2.35. The number of carbonyl (C=O) groups is 4. The summed E-state index contributed by atoms with van der Waals surface area (Å²) in [4.78, 5) is 48.7. The molecule has 166 valence electrons. The molecule has 4 amide bonds. The Morgan fingerprint density at radius 2 is 1.90 bits per heavy atom. The summed E-state index contributed by atoms with van der Waals surface area (Å²) in [7, 11) is 0. The zero-order chi connectivity index (χ0) is 22.0. The van der Waals surface area contributed by atoms with E-state index in [9.17, 15) is 19.2 Å². The lowest BCUT2D eigenvalue weighted by atomic mass is 9.84. The van der Waals surface area contributed by atoms with E-state index in [1.54, 1.807) is 0 Å². The molecule has 1 aliphatic heterocycles. The van der Waals surface area contributed by atoms with Crippen LogP contribution < -0.4 is 11.1 Å². The molecule has 0 bridgehead atoms. The molecule has 0 spiro atoms. The average molecular weight is 428 g/mol. The minimum absolute atomic E-state index is 0.0163. The second-order valence-electron chi connectivity index (χ2n) is 9.01. The van der Waals surface area contributed by atoms with Gasteiger partial charge in [0.1, 0.15) is 0 Å². The predicted molar refractivity (Wildman–Crippen MR) is 116 cm³/mol. The van der Waals surface area contributed by atoms with Gasteiger partial charge >= 0.3 is 0 Å². The fourth-order valence-corrected chi connectivity index (χ4v) is 4.78. The van der Waals surface area contributed by atoms with E-state index in [0.29, 0.717) is 50.4 Å². The highest BCUT2D eigenvalue weighted by Crippen LogP contribution is 2.27. The van der Waals surface area contributed by atoms with Crippen LogP contribution >= 0.6 is 11.8 Å². The molecule has 3 N–H and O–H groups in total. The van der Waals surface area contributed by atoms with E-state index < -0.39 is 5.25 Å². The first kappa shape index (κ1) is 25.5. The molecule has 0 aromatic carbocycles. The number of unbranched alkanes of at least 4 members (excludes halogenated alkanes) is 2. The largest absolute Gasteiger partial charge is 0.370 e. The van der Waals surface area contributed by atoms with Gasteiger partial charge in [-0.05, 0) is 30.6 Å². The van der Waals surface area contributed by atoms with Crippen LogP contribution in [0.2, 0.25) is 0 Å². The maximum Gasteiger partial charge on any atom is 0.242 e. The average Bonchev–Trinajstić information content (AvgIpc) is 2.86. The third-order valence-corrected chi connectivity index (χ3v) is 6.09. The van der Waals surface area contributed by atoms with Crippen molar-refractivity contribution in [2.45, 2.75) is 77.9 Å². The van der Waals surface area contributed by atoms with Crippen molar-refractivity contribution in [1.29, 1.82) is 0 Å². The summed E-state index contributed by atoms with van der Waals surface area (Å²) in [5.74, 6) is 0.442. The van der Waals surface area contributed by atoms with Crippen molar-refractivity contribution in [2.24, 2.45) is 17.1 Å². The molecular weight excluding hydrogens is 390 g/mol. The van der Waals surface area contributed by atoms with Gasteiger partial charge in [0.05, 0.1) is 5.25 Å². The molecule has 1 aliphatic rings. The normalized spacial score (nSPS) is 17.3. The lowest BCUT2D eigenvalue weighted by molar-refractivity contribution is -0.138. The first-order valence-electron chi connectivity index (χ1n) is 10.5. The summed E-state index contributed by atoms with van der Waals surface area (Å²) in [5.41, 5.74) is 5.16. The SMILES string of the molecule is CC(C)CC(C)(C)CNC(=O)CCSC1CC(=O)N(CCCCCC(N)=O)C1=O. The minimum atomic E-state index is -0.390. The second kappa shape index (κ2) is 12.2. The minimum Gasteiger partial charge on any atom is -0.370 e. The zero-order valence-corrected chi connectivity index (χ0v) is 19.1. The summed E-state index contributed by atoms with van der Waals surface area (Å²) in [6.07, 6.45) is 4.02. The van der Waals surface area contributed by atoms with Crippen molar-refractivity contribution in [3.63, 3.8) is 0 Å². The molecule has 0 aromatic rings. The molecule has 0 aromatic heterocycles. The van der Waals surface area contributed by atoms with E-state index in [0.717, 1.165) is 12.8 Å². The Morgan fingerprint density at radius 3 is 2.52 bits per heavy atom. The molecule has 0 aliphatic carbocycles. The number of nitrogens with two attached hydrogens (primary N) is 1. The number of nitrogens with one attached hydrogen (secondary N) is 1. The van der Waals surface area contributed by atoms with Gasteiger partial charge in [-0.15, -0.1) is 11.8 Å². The van der Waals surface area contributed by atoms with E-state index in [2.05, 4.69) is 33.0 Å². The van der Waals surface area contributed by atoms with Gasteiger partial charge in [-0.3, -0.25) is 24.1 Å². The molecule has 1 fully saturated rings. The van der Waals surface area contributed by atoms with Gasteiger partial charge in [0.25, 0.3) is 0 Å². The van der Waals surface area contributed by atoms with Crippen LogP contribution in [0.15, 0.2) is 0 Å². The summed E-state index contributed by atoms with van der Waals surface area (Å²) in [5, 5.41) is 2.59. The topological polar surface area (TPSA) is 110 Å². The van der Waals surface area contributed by atoms with Gasteiger partial charge in [0.15, 0.2) is 0 Å². The molecule has 0 radical (unpaired) electrons. The van der Waals surface area contributed by atoms with Gasteiger partial charge in [-0.2, -0.15) is 0 Å². The summed E-state index contributed by atoms with van der Waals surface area (Å²) >= 11 is 1.39. The highest BCUT2D eigenvalue weighted by Gasteiger charge is 2.38. The lowest BCUT2D eigenvalue weighted by Gasteiger charge is -2.27. The number of carbonyl (C=O) groups excluding carboxylic acids is 4. The summed E-state index contributed by atoms with van der Waals surface area (Å²) in [6, 6.07) is 0. The Labute approximate surface area is 178 Å². The number of amides is 4. The number of rotatable bonds is 14. The van der Waals surface area contributed by atoms with Crippen molar-refractivity contribution in [1.82, 2.24) is 10.2 Å². The van der Waals surface area contributed by atoms with E-state index in [-0.39, 0.29) is 35.5 Å². The van der Waals surface area contributed by atoms with E-state index in [1.807, 2.05) is 0 Å². The Kier molecular flexibility index (Phi) is 10.7. The van der Waals surface area contributed by atoms with Crippen LogP contribution in [0.5, 0.6) is 0 Å². The standard InChI is InChI=1S/C21H37N3O4S/c1-15(2)13-21(3,4)14-23-18(26)9-11-29-16-12-19(27)24(20(16)28)10-7-5-6-8-17(22)25/h15-16H,5-14H2,1-4H3,(H2,22,25)(H,23,26). The molecular formula is C21H37N3O4S. The second-order valence-corrected chi connectivity index (χ2v) is 10.3. The number of thioether (sulfide) groups is 1. The summed E-state index contributed by atoms with van der Waals surface area (Å²) < 4.78 is 0. The van der Waals surface area contributed by atoms with Crippen molar-refractivity contribution in [2.75, 3.05) is 18.8 Å². The van der Waals surface area contributed by atoms with Crippen LogP contribution in [0.3, 0.4) is 0 Å². The van der Waals surface area contributed by atoms with Gasteiger partial charge in [0.2, 0.25) is 23.6 Å². The number of imide groups is 1. The monoisotopic (exact) mass is 427 g/mol. The first-order valence-corrected chi connectivity index (χ1v) is 11.6. The summed E-state index contributed by atoms with van der Waals surface area (Å²) in [6.45, 7) is 9.66. The quantitative estimate of drug-likeness (QED) is 0.327. The van der Waals surface area contributed by atoms with Gasteiger partial charge < -0.3 is 11.1 Å². The predicted octanol–water partition coefficient (Wildman–Crippen LogP) is 2.47. The van der Waals surface area contributed by atoms with Crippen LogP contribution in [0, 0.1) is 11.3 Å².